The molecule has 0 saturated carbocycles. The molecule has 0 fully saturated rings. The minimum absolute atomic E-state index is 0.0672. The molecule has 132 valence electrons. The van der Waals surface area contributed by atoms with Gasteiger partial charge in [-0.2, -0.15) is 0 Å². The zero-order valence-electron chi connectivity index (χ0n) is 14.4. The SMILES string of the molecule is Cc1ccc(Oc2ncccc2CNC(=O)CCc2cnccn2)cn1. The molecule has 3 aromatic rings. The number of hydrogen-bond donors (Lipinski definition) is 1. The zero-order valence-corrected chi connectivity index (χ0v) is 14.4. The Labute approximate surface area is 151 Å². The van der Waals surface area contributed by atoms with Gasteiger partial charge in [0, 0.05) is 49.0 Å². The van der Waals surface area contributed by atoms with E-state index in [2.05, 4.69) is 25.3 Å². The average molecular weight is 349 g/mol. The van der Waals surface area contributed by atoms with Crippen LogP contribution in [-0.2, 0) is 17.8 Å². The van der Waals surface area contributed by atoms with Crippen molar-refractivity contribution in [3.05, 3.63) is 72.2 Å². The summed E-state index contributed by atoms with van der Waals surface area (Å²) in [5.41, 5.74) is 2.50. The largest absolute Gasteiger partial charge is 0.437 e. The number of aromatic nitrogens is 4. The quantitative estimate of drug-likeness (QED) is 0.705. The van der Waals surface area contributed by atoms with E-state index in [0.29, 0.717) is 31.0 Å². The van der Waals surface area contributed by atoms with Crippen LogP contribution < -0.4 is 10.1 Å². The van der Waals surface area contributed by atoms with Gasteiger partial charge in [-0.3, -0.25) is 19.7 Å². The molecule has 1 amide bonds. The fourth-order valence-electron chi connectivity index (χ4n) is 2.26. The summed E-state index contributed by atoms with van der Waals surface area (Å²) in [7, 11) is 0. The molecule has 0 unspecified atom stereocenters. The highest BCUT2D eigenvalue weighted by molar-refractivity contribution is 5.76. The standard InChI is InChI=1S/C19H19N5O2/c1-14-4-6-17(13-23-14)26-19-15(3-2-8-22-19)11-24-18(25)7-5-16-12-20-9-10-21-16/h2-4,6,8-10,12-13H,5,7,11H2,1H3,(H,24,25). The second-order valence-corrected chi connectivity index (χ2v) is 5.68. The normalized spacial score (nSPS) is 10.3. The lowest BCUT2D eigenvalue weighted by atomic mass is 10.2. The maximum absolute atomic E-state index is 12.1. The van der Waals surface area contributed by atoms with Crippen LogP contribution in [0.4, 0.5) is 0 Å². The molecule has 0 aromatic carbocycles. The molecule has 0 aliphatic carbocycles. The van der Waals surface area contributed by atoms with Crippen molar-refractivity contribution in [2.45, 2.75) is 26.3 Å². The maximum atomic E-state index is 12.1. The summed E-state index contributed by atoms with van der Waals surface area (Å²) in [4.78, 5) is 28.7. The highest BCUT2D eigenvalue weighted by atomic mass is 16.5. The minimum Gasteiger partial charge on any atom is -0.437 e. The number of hydrogen-bond acceptors (Lipinski definition) is 6. The first-order valence-electron chi connectivity index (χ1n) is 8.27. The Morgan fingerprint density at radius 3 is 2.77 bits per heavy atom. The molecule has 0 atom stereocenters. The Hall–Kier alpha value is -3.35. The van der Waals surface area contributed by atoms with E-state index in [1.807, 2.05) is 25.1 Å². The van der Waals surface area contributed by atoms with E-state index in [-0.39, 0.29) is 5.91 Å². The summed E-state index contributed by atoms with van der Waals surface area (Å²) in [5, 5.41) is 2.88. The number of nitrogens with one attached hydrogen (secondary N) is 1. The smallest absolute Gasteiger partial charge is 0.224 e. The van der Waals surface area contributed by atoms with Crippen molar-refractivity contribution in [2.24, 2.45) is 0 Å². The van der Waals surface area contributed by atoms with Crippen molar-refractivity contribution >= 4 is 5.91 Å². The Kier molecular flexibility index (Phi) is 5.82. The lowest BCUT2D eigenvalue weighted by Crippen LogP contribution is -2.23. The van der Waals surface area contributed by atoms with Gasteiger partial charge in [0.25, 0.3) is 0 Å². The van der Waals surface area contributed by atoms with Crippen molar-refractivity contribution in [3.63, 3.8) is 0 Å². The summed E-state index contributed by atoms with van der Waals surface area (Å²) in [6, 6.07) is 7.38. The molecule has 7 heteroatoms. The van der Waals surface area contributed by atoms with Crippen molar-refractivity contribution in [1.82, 2.24) is 25.3 Å². The lowest BCUT2D eigenvalue weighted by molar-refractivity contribution is -0.121. The van der Waals surface area contributed by atoms with Gasteiger partial charge in [-0.05, 0) is 31.5 Å². The Morgan fingerprint density at radius 1 is 1.08 bits per heavy atom. The third kappa shape index (κ3) is 5.07. The van der Waals surface area contributed by atoms with E-state index in [1.165, 1.54) is 0 Å². The fraction of sp³-hybridized carbons (Fsp3) is 0.211. The molecule has 3 rings (SSSR count). The van der Waals surface area contributed by atoms with Gasteiger partial charge < -0.3 is 10.1 Å². The second-order valence-electron chi connectivity index (χ2n) is 5.68. The zero-order chi connectivity index (χ0) is 18.2. The number of carbonyl (C=O) groups is 1. The van der Waals surface area contributed by atoms with Crippen molar-refractivity contribution in [2.75, 3.05) is 0 Å². The number of nitrogens with zero attached hydrogens (tertiary/aromatic N) is 4. The van der Waals surface area contributed by atoms with Crippen molar-refractivity contribution < 1.29 is 9.53 Å². The Morgan fingerprint density at radius 2 is 2.00 bits per heavy atom. The lowest BCUT2D eigenvalue weighted by Gasteiger charge is -2.10. The molecule has 0 aliphatic heterocycles. The van der Waals surface area contributed by atoms with Crippen LogP contribution in [0.3, 0.4) is 0 Å². The molecule has 1 N–H and O–H groups in total. The highest BCUT2D eigenvalue weighted by Crippen LogP contribution is 2.22. The van der Waals surface area contributed by atoms with Gasteiger partial charge in [0.2, 0.25) is 11.8 Å². The van der Waals surface area contributed by atoms with Crippen molar-refractivity contribution in [3.8, 4) is 11.6 Å². The summed E-state index contributed by atoms with van der Waals surface area (Å²) >= 11 is 0. The summed E-state index contributed by atoms with van der Waals surface area (Å²) < 4.78 is 5.78. The molecule has 0 saturated heterocycles. The molecule has 0 aliphatic rings. The molecule has 3 heterocycles. The molecule has 0 spiro atoms. The maximum Gasteiger partial charge on any atom is 0.224 e. The van der Waals surface area contributed by atoms with Crippen LogP contribution in [0.15, 0.2) is 55.2 Å². The topological polar surface area (TPSA) is 89.9 Å². The van der Waals surface area contributed by atoms with Crippen LogP contribution in [-0.4, -0.2) is 25.8 Å². The number of ether oxygens (including phenoxy) is 1. The third-order valence-corrected chi connectivity index (χ3v) is 3.65. The van der Waals surface area contributed by atoms with Gasteiger partial charge in [0.05, 0.1) is 11.9 Å². The Bertz CT molecular complexity index is 853. The predicted octanol–water partition coefficient (Wildman–Crippen LogP) is 2.62. The number of carbonyl (C=O) groups excluding carboxylic acids is 1. The summed E-state index contributed by atoms with van der Waals surface area (Å²) in [6.07, 6.45) is 9.07. The van der Waals surface area contributed by atoms with Crippen LogP contribution in [0.2, 0.25) is 0 Å². The molecule has 26 heavy (non-hydrogen) atoms. The van der Waals surface area contributed by atoms with E-state index in [4.69, 9.17) is 4.74 Å². The summed E-state index contributed by atoms with van der Waals surface area (Å²) in [6.45, 7) is 2.24. The van der Waals surface area contributed by atoms with Gasteiger partial charge in [0.1, 0.15) is 5.75 Å². The summed E-state index contributed by atoms with van der Waals surface area (Å²) in [5.74, 6) is 0.986. The van der Waals surface area contributed by atoms with Gasteiger partial charge in [0.15, 0.2) is 0 Å². The highest BCUT2D eigenvalue weighted by Gasteiger charge is 2.09. The van der Waals surface area contributed by atoms with Gasteiger partial charge in [-0.25, -0.2) is 4.98 Å². The van der Waals surface area contributed by atoms with Crippen molar-refractivity contribution in [1.29, 1.82) is 0 Å². The van der Waals surface area contributed by atoms with Gasteiger partial charge in [-0.1, -0.05) is 6.07 Å². The average Bonchev–Trinajstić information content (AvgIpc) is 2.68. The first-order valence-corrected chi connectivity index (χ1v) is 8.27. The van der Waals surface area contributed by atoms with E-state index in [9.17, 15) is 4.79 Å². The third-order valence-electron chi connectivity index (χ3n) is 3.65. The van der Waals surface area contributed by atoms with Crippen LogP contribution in [0.1, 0.15) is 23.4 Å². The van der Waals surface area contributed by atoms with E-state index in [1.54, 1.807) is 37.1 Å². The number of amides is 1. The van der Waals surface area contributed by atoms with E-state index < -0.39 is 0 Å². The molecular formula is C19H19N5O2. The molecule has 7 nitrogen and oxygen atoms in total. The number of rotatable bonds is 7. The first kappa shape index (κ1) is 17.5. The van der Waals surface area contributed by atoms with Crippen LogP contribution in [0, 0.1) is 6.92 Å². The molecule has 0 bridgehead atoms. The van der Waals surface area contributed by atoms with E-state index in [0.717, 1.165) is 17.0 Å². The monoisotopic (exact) mass is 349 g/mol. The van der Waals surface area contributed by atoms with Crippen LogP contribution in [0.5, 0.6) is 11.6 Å². The molecule has 0 radical (unpaired) electrons. The first-order chi connectivity index (χ1) is 12.7. The number of aryl methyl sites for hydroxylation is 2. The number of pyridine rings is 2. The van der Waals surface area contributed by atoms with E-state index >= 15 is 0 Å². The van der Waals surface area contributed by atoms with Gasteiger partial charge >= 0.3 is 0 Å². The fourth-order valence-corrected chi connectivity index (χ4v) is 2.26. The molecule has 3 aromatic heterocycles. The van der Waals surface area contributed by atoms with Crippen LogP contribution >= 0.6 is 0 Å². The second kappa shape index (κ2) is 8.66. The van der Waals surface area contributed by atoms with Crippen LogP contribution in [0.25, 0.3) is 0 Å². The predicted molar refractivity (Wildman–Crippen MR) is 95.5 cm³/mol. The van der Waals surface area contributed by atoms with Gasteiger partial charge in [-0.15, -0.1) is 0 Å². The molecular weight excluding hydrogens is 330 g/mol. The Balaban J connectivity index is 1.56. The minimum atomic E-state index is -0.0672.